The van der Waals surface area contributed by atoms with Gasteiger partial charge < -0.3 is 9.47 Å². The first-order chi connectivity index (χ1) is 14.0. The maximum atomic E-state index is 12.3. The predicted molar refractivity (Wildman–Crippen MR) is 108 cm³/mol. The summed E-state index contributed by atoms with van der Waals surface area (Å²) in [5, 5.41) is 0.830. The van der Waals surface area contributed by atoms with Gasteiger partial charge in [-0.1, -0.05) is 48.5 Å². The van der Waals surface area contributed by atoms with Crippen molar-refractivity contribution in [3.8, 4) is 0 Å². The van der Waals surface area contributed by atoms with E-state index in [1.165, 1.54) is 7.11 Å². The van der Waals surface area contributed by atoms with Gasteiger partial charge in [-0.05, 0) is 18.6 Å². The molecule has 6 nitrogen and oxygen atoms in total. The van der Waals surface area contributed by atoms with Crippen molar-refractivity contribution in [3.63, 3.8) is 0 Å². The van der Waals surface area contributed by atoms with E-state index in [0.717, 1.165) is 5.39 Å². The van der Waals surface area contributed by atoms with Crippen LogP contribution in [-0.2, 0) is 20.9 Å². The van der Waals surface area contributed by atoms with Crippen LogP contribution in [0.4, 0.5) is 0 Å². The summed E-state index contributed by atoms with van der Waals surface area (Å²) in [7, 11) is 1.29. The molecule has 1 aromatic heterocycles. The highest BCUT2D eigenvalue weighted by Gasteiger charge is 2.20. The second kappa shape index (κ2) is 9.10. The summed E-state index contributed by atoms with van der Waals surface area (Å²) in [5.41, 5.74) is 2.59. The number of Topliss-reactive ketones (excluding diaryl/α,β-unsaturated/α-hetero) is 1. The number of carbonyl (C=O) groups excluding carboxylic acids is 3. The number of ketones is 1. The van der Waals surface area contributed by atoms with E-state index in [-0.39, 0.29) is 25.2 Å². The van der Waals surface area contributed by atoms with E-state index in [0.29, 0.717) is 27.9 Å². The largest absolute Gasteiger partial charge is 0.465 e. The van der Waals surface area contributed by atoms with Crippen molar-refractivity contribution in [2.45, 2.75) is 26.4 Å². The van der Waals surface area contributed by atoms with E-state index in [4.69, 9.17) is 9.47 Å². The van der Waals surface area contributed by atoms with Crippen LogP contribution in [0.1, 0.15) is 44.8 Å². The third kappa shape index (κ3) is 4.66. The monoisotopic (exact) mass is 391 g/mol. The average molecular weight is 391 g/mol. The van der Waals surface area contributed by atoms with Crippen LogP contribution in [0.3, 0.4) is 0 Å². The SMILES string of the molecule is COC(=O)c1c(COC(=O)CCC(=O)c2ccccc2)nc2ccccc2c1C. The molecule has 6 heteroatoms. The molecule has 0 aliphatic heterocycles. The van der Waals surface area contributed by atoms with Gasteiger partial charge in [-0.2, -0.15) is 0 Å². The predicted octanol–water partition coefficient (Wildman–Crippen LogP) is 4.04. The van der Waals surface area contributed by atoms with Gasteiger partial charge in [0.25, 0.3) is 0 Å². The van der Waals surface area contributed by atoms with Gasteiger partial charge >= 0.3 is 11.9 Å². The fourth-order valence-electron chi connectivity index (χ4n) is 3.12. The summed E-state index contributed by atoms with van der Waals surface area (Å²) in [4.78, 5) is 41.0. The number of ether oxygens (including phenoxy) is 2. The van der Waals surface area contributed by atoms with Crippen LogP contribution in [0.15, 0.2) is 54.6 Å². The molecule has 2 aromatic carbocycles. The number of aromatic nitrogens is 1. The molecule has 29 heavy (non-hydrogen) atoms. The van der Waals surface area contributed by atoms with Crippen molar-refractivity contribution in [1.29, 1.82) is 0 Å². The molecule has 0 aliphatic rings. The highest BCUT2D eigenvalue weighted by Crippen LogP contribution is 2.24. The van der Waals surface area contributed by atoms with Crippen molar-refractivity contribution in [3.05, 3.63) is 77.0 Å². The van der Waals surface area contributed by atoms with Gasteiger partial charge in [0, 0.05) is 17.4 Å². The van der Waals surface area contributed by atoms with E-state index in [1.54, 1.807) is 31.2 Å². The minimum absolute atomic E-state index is 0.0478. The summed E-state index contributed by atoms with van der Waals surface area (Å²) in [6.07, 6.45) is 0.00469. The van der Waals surface area contributed by atoms with Gasteiger partial charge in [0.2, 0.25) is 0 Å². The molecule has 3 aromatic rings. The summed E-state index contributed by atoms with van der Waals surface area (Å²) in [6.45, 7) is 1.63. The number of aryl methyl sites for hydroxylation is 1. The second-order valence-corrected chi connectivity index (χ2v) is 6.52. The first kappa shape index (κ1) is 20.2. The Morgan fingerprint density at radius 1 is 0.931 bits per heavy atom. The highest BCUT2D eigenvalue weighted by atomic mass is 16.5. The molecule has 0 atom stereocenters. The van der Waals surface area contributed by atoms with Gasteiger partial charge in [-0.25, -0.2) is 9.78 Å². The molecule has 1 heterocycles. The van der Waals surface area contributed by atoms with Gasteiger partial charge in [0.15, 0.2) is 5.78 Å². The maximum absolute atomic E-state index is 12.3. The van der Waals surface area contributed by atoms with Crippen LogP contribution >= 0.6 is 0 Å². The number of methoxy groups -OCH3 is 1. The van der Waals surface area contributed by atoms with E-state index in [2.05, 4.69) is 4.98 Å². The minimum Gasteiger partial charge on any atom is -0.465 e. The summed E-state index contributed by atoms with van der Waals surface area (Å²) in [6, 6.07) is 16.2. The molecule has 148 valence electrons. The number of hydrogen-bond acceptors (Lipinski definition) is 6. The number of pyridine rings is 1. The normalized spacial score (nSPS) is 10.6. The van der Waals surface area contributed by atoms with Crippen LogP contribution in [0, 0.1) is 6.92 Å². The van der Waals surface area contributed by atoms with Crippen molar-refractivity contribution in [1.82, 2.24) is 4.98 Å². The number of esters is 2. The van der Waals surface area contributed by atoms with E-state index in [9.17, 15) is 14.4 Å². The molecule has 0 saturated heterocycles. The number of fused-ring (bicyclic) bond motifs is 1. The van der Waals surface area contributed by atoms with Crippen LogP contribution in [0.5, 0.6) is 0 Å². The van der Waals surface area contributed by atoms with Crippen LogP contribution < -0.4 is 0 Å². The molecule has 3 rings (SSSR count). The third-order valence-electron chi connectivity index (χ3n) is 4.64. The molecule has 0 spiro atoms. The Hall–Kier alpha value is -3.54. The van der Waals surface area contributed by atoms with Gasteiger partial charge in [0.05, 0.1) is 30.3 Å². The summed E-state index contributed by atoms with van der Waals surface area (Å²) >= 11 is 0. The Morgan fingerprint density at radius 2 is 1.62 bits per heavy atom. The lowest BCUT2D eigenvalue weighted by Crippen LogP contribution is -2.14. The van der Waals surface area contributed by atoms with Gasteiger partial charge in [-0.3, -0.25) is 9.59 Å². The van der Waals surface area contributed by atoms with Gasteiger partial charge in [-0.15, -0.1) is 0 Å². The van der Waals surface area contributed by atoms with Gasteiger partial charge in [0.1, 0.15) is 6.61 Å². The van der Waals surface area contributed by atoms with Crippen molar-refractivity contribution >= 4 is 28.6 Å². The molecule has 0 unspecified atom stereocenters. The quantitative estimate of drug-likeness (QED) is 0.447. The molecular weight excluding hydrogens is 370 g/mol. The lowest BCUT2D eigenvalue weighted by atomic mass is 10.0. The first-order valence-corrected chi connectivity index (χ1v) is 9.21. The molecule has 0 bridgehead atoms. The second-order valence-electron chi connectivity index (χ2n) is 6.52. The smallest absolute Gasteiger partial charge is 0.340 e. The van der Waals surface area contributed by atoms with Crippen molar-refractivity contribution in [2.24, 2.45) is 0 Å². The Balaban J connectivity index is 1.71. The van der Waals surface area contributed by atoms with E-state index < -0.39 is 11.9 Å². The molecule has 0 aliphatic carbocycles. The standard InChI is InChI=1S/C23H21NO5/c1-15-17-10-6-7-11-18(17)24-19(22(15)23(27)28-2)14-29-21(26)13-12-20(25)16-8-4-3-5-9-16/h3-11H,12-14H2,1-2H3. The Kier molecular flexibility index (Phi) is 6.34. The van der Waals surface area contributed by atoms with Crippen LogP contribution in [0.2, 0.25) is 0 Å². The molecule has 0 saturated carbocycles. The fraction of sp³-hybridized carbons (Fsp3) is 0.217. The molecule has 0 amide bonds. The molecule has 0 N–H and O–H groups in total. The number of carbonyl (C=O) groups is 3. The van der Waals surface area contributed by atoms with Crippen LogP contribution in [-0.4, -0.2) is 29.8 Å². The number of hydrogen-bond donors (Lipinski definition) is 0. The summed E-state index contributed by atoms with van der Waals surface area (Å²) in [5.74, 6) is -1.19. The van der Waals surface area contributed by atoms with Crippen molar-refractivity contribution in [2.75, 3.05) is 7.11 Å². The zero-order valence-electron chi connectivity index (χ0n) is 16.3. The van der Waals surface area contributed by atoms with E-state index in [1.807, 2.05) is 30.3 Å². The topological polar surface area (TPSA) is 82.6 Å². The number of rotatable bonds is 7. The van der Waals surface area contributed by atoms with Crippen LogP contribution in [0.25, 0.3) is 10.9 Å². The fourth-order valence-corrected chi connectivity index (χ4v) is 3.12. The summed E-state index contributed by atoms with van der Waals surface area (Å²) < 4.78 is 10.2. The maximum Gasteiger partial charge on any atom is 0.340 e. The number of benzene rings is 2. The van der Waals surface area contributed by atoms with Crippen molar-refractivity contribution < 1.29 is 23.9 Å². The third-order valence-corrected chi connectivity index (χ3v) is 4.64. The molecule has 0 radical (unpaired) electrons. The Bertz CT molecular complexity index is 1060. The highest BCUT2D eigenvalue weighted by molar-refractivity contribution is 5.98. The first-order valence-electron chi connectivity index (χ1n) is 9.21. The Morgan fingerprint density at radius 3 is 2.34 bits per heavy atom. The minimum atomic E-state index is -0.536. The zero-order valence-corrected chi connectivity index (χ0v) is 16.3. The average Bonchev–Trinajstić information content (AvgIpc) is 2.76. The Labute approximate surface area is 168 Å². The number of nitrogens with zero attached hydrogens (tertiary/aromatic N) is 1. The lowest BCUT2D eigenvalue weighted by Gasteiger charge is -2.13. The number of para-hydroxylation sites is 1. The lowest BCUT2D eigenvalue weighted by molar-refractivity contribution is -0.145. The zero-order chi connectivity index (χ0) is 20.8. The molecule has 0 fully saturated rings. The molecular formula is C23H21NO5. The van der Waals surface area contributed by atoms with E-state index >= 15 is 0 Å².